The molecule has 4 heteroatoms. The smallest absolute Gasteiger partial charge is 0.308 e. The van der Waals surface area contributed by atoms with Crippen molar-refractivity contribution in [1.29, 1.82) is 0 Å². The number of benzene rings is 2. The van der Waals surface area contributed by atoms with Gasteiger partial charge in [-0.1, -0.05) is 64.2 Å². The van der Waals surface area contributed by atoms with Gasteiger partial charge in [0.05, 0.1) is 5.33 Å². The summed E-state index contributed by atoms with van der Waals surface area (Å²) < 4.78 is 28.2. The Kier molecular flexibility index (Phi) is 5.55. The van der Waals surface area contributed by atoms with Crippen molar-refractivity contribution < 1.29 is 13.9 Å². The SMILES string of the molecule is OC(C#Cc1ccccc1)(C#Cc1ccccc1)C(F)(F)CBr. The van der Waals surface area contributed by atoms with Crippen molar-refractivity contribution in [2.24, 2.45) is 0 Å². The minimum atomic E-state index is -3.52. The molecule has 23 heavy (non-hydrogen) atoms. The van der Waals surface area contributed by atoms with Gasteiger partial charge in [0, 0.05) is 11.1 Å². The van der Waals surface area contributed by atoms with E-state index < -0.39 is 16.9 Å². The van der Waals surface area contributed by atoms with E-state index in [1.54, 1.807) is 60.7 Å². The molecule has 0 heterocycles. The second-order valence-corrected chi connectivity index (χ2v) is 5.34. The van der Waals surface area contributed by atoms with Crippen molar-refractivity contribution in [1.82, 2.24) is 0 Å². The van der Waals surface area contributed by atoms with E-state index in [1.165, 1.54) is 0 Å². The average molecular weight is 375 g/mol. The van der Waals surface area contributed by atoms with E-state index in [4.69, 9.17) is 0 Å². The summed E-state index contributed by atoms with van der Waals surface area (Å²) in [5.74, 6) is 6.05. The molecular formula is C19H13BrF2O. The Bertz CT molecular complexity index is 708. The van der Waals surface area contributed by atoms with Crippen LogP contribution in [0, 0.1) is 23.7 Å². The van der Waals surface area contributed by atoms with Gasteiger partial charge in [0.15, 0.2) is 0 Å². The zero-order chi connectivity index (χ0) is 16.8. The predicted molar refractivity (Wildman–Crippen MR) is 90.3 cm³/mol. The van der Waals surface area contributed by atoms with Crippen LogP contribution in [-0.2, 0) is 0 Å². The van der Waals surface area contributed by atoms with E-state index in [1.807, 2.05) is 0 Å². The number of hydrogen-bond donors (Lipinski definition) is 1. The first-order valence-electron chi connectivity index (χ1n) is 6.79. The molecular weight excluding hydrogens is 362 g/mol. The lowest BCUT2D eigenvalue weighted by molar-refractivity contribution is -0.0987. The first kappa shape index (κ1) is 17.2. The van der Waals surface area contributed by atoms with E-state index in [2.05, 4.69) is 39.6 Å². The maximum atomic E-state index is 14.1. The van der Waals surface area contributed by atoms with E-state index in [0.29, 0.717) is 11.1 Å². The molecule has 0 saturated carbocycles. The Morgan fingerprint density at radius 2 is 1.22 bits per heavy atom. The van der Waals surface area contributed by atoms with Gasteiger partial charge in [0.25, 0.3) is 5.60 Å². The van der Waals surface area contributed by atoms with Gasteiger partial charge >= 0.3 is 5.92 Å². The Hall–Kier alpha value is -2.14. The summed E-state index contributed by atoms with van der Waals surface area (Å²) in [6.45, 7) is 0. The van der Waals surface area contributed by atoms with Crippen molar-refractivity contribution in [3.8, 4) is 23.7 Å². The fourth-order valence-corrected chi connectivity index (χ4v) is 2.08. The fourth-order valence-electron chi connectivity index (χ4n) is 1.68. The van der Waals surface area contributed by atoms with E-state index in [-0.39, 0.29) is 0 Å². The molecule has 0 amide bonds. The normalized spacial score (nSPS) is 11.0. The molecule has 0 aliphatic rings. The standard InChI is InChI=1S/C19H13BrF2O/c20-15-19(21,22)18(23,13-11-16-7-3-1-4-8-16)14-12-17-9-5-2-6-10-17/h1-10,23H,15H2. The molecule has 1 N–H and O–H groups in total. The molecule has 0 aliphatic heterocycles. The maximum absolute atomic E-state index is 14.1. The largest absolute Gasteiger partial charge is 0.362 e. The molecule has 0 saturated heterocycles. The van der Waals surface area contributed by atoms with Crippen LogP contribution in [0.1, 0.15) is 11.1 Å². The molecule has 0 bridgehead atoms. The number of aliphatic hydroxyl groups is 1. The van der Waals surface area contributed by atoms with Crippen LogP contribution in [0.2, 0.25) is 0 Å². The van der Waals surface area contributed by atoms with Gasteiger partial charge < -0.3 is 5.11 Å². The van der Waals surface area contributed by atoms with Crippen LogP contribution in [0.15, 0.2) is 60.7 Å². The lowest BCUT2D eigenvalue weighted by atomic mass is 9.97. The van der Waals surface area contributed by atoms with Gasteiger partial charge in [0.1, 0.15) is 0 Å². The Morgan fingerprint density at radius 1 is 0.826 bits per heavy atom. The summed E-state index contributed by atoms with van der Waals surface area (Å²) in [7, 11) is 0. The molecule has 0 aromatic heterocycles. The molecule has 0 fully saturated rings. The molecule has 0 atom stereocenters. The second-order valence-electron chi connectivity index (χ2n) is 4.78. The number of rotatable bonds is 2. The number of hydrogen-bond acceptors (Lipinski definition) is 1. The molecule has 0 aliphatic carbocycles. The Labute approximate surface area is 142 Å². The van der Waals surface area contributed by atoms with Gasteiger partial charge in [-0.2, -0.15) is 0 Å². The highest BCUT2D eigenvalue weighted by Gasteiger charge is 2.50. The first-order chi connectivity index (χ1) is 11.0. The highest BCUT2D eigenvalue weighted by atomic mass is 79.9. The lowest BCUT2D eigenvalue weighted by Crippen LogP contribution is -2.47. The van der Waals surface area contributed by atoms with Crippen LogP contribution in [0.4, 0.5) is 8.78 Å². The van der Waals surface area contributed by atoms with Gasteiger partial charge in [-0.05, 0) is 36.1 Å². The lowest BCUT2D eigenvalue weighted by Gasteiger charge is -2.25. The van der Waals surface area contributed by atoms with E-state index >= 15 is 0 Å². The third-order valence-corrected chi connectivity index (χ3v) is 3.72. The zero-order valence-electron chi connectivity index (χ0n) is 12.1. The highest BCUT2D eigenvalue weighted by molar-refractivity contribution is 9.09. The zero-order valence-corrected chi connectivity index (χ0v) is 13.6. The summed E-state index contributed by atoms with van der Waals surface area (Å²) in [4.78, 5) is 0. The van der Waals surface area contributed by atoms with Crippen molar-refractivity contribution >= 4 is 15.9 Å². The third-order valence-electron chi connectivity index (χ3n) is 3.02. The summed E-state index contributed by atoms with van der Waals surface area (Å²) in [6, 6.07) is 17.2. The number of alkyl halides is 3. The minimum Gasteiger partial charge on any atom is -0.362 e. The van der Waals surface area contributed by atoms with Crippen LogP contribution in [0.3, 0.4) is 0 Å². The van der Waals surface area contributed by atoms with E-state index in [0.717, 1.165) is 0 Å². The first-order valence-corrected chi connectivity index (χ1v) is 7.92. The molecule has 2 aromatic rings. The molecule has 1 nitrogen and oxygen atoms in total. The van der Waals surface area contributed by atoms with Crippen molar-refractivity contribution in [3.63, 3.8) is 0 Å². The highest BCUT2D eigenvalue weighted by Crippen LogP contribution is 2.30. The van der Waals surface area contributed by atoms with Crippen molar-refractivity contribution in [3.05, 3.63) is 71.8 Å². The van der Waals surface area contributed by atoms with E-state index in [9.17, 15) is 13.9 Å². The third kappa shape index (κ3) is 4.42. The molecule has 116 valence electrons. The Morgan fingerprint density at radius 3 is 1.57 bits per heavy atom. The van der Waals surface area contributed by atoms with Crippen molar-refractivity contribution in [2.45, 2.75) is 11.5 Å². The van der Waals surface area contributed by atoms with Crippen molar-refractivity contribution in [2.75, 3.05) is 5.33 Å². The Balaban J connectivity index is 2.42. The molecule has 0 unspecified atom stereocenters. The molecule has 0 spiro atoms. The monoisotopic (exact) mass is 374 g/mol. The summed E-state index contributed by atoms with van der Waals surface area (Å²) in [5.41, 5.74) is -1.70. The van der Waals surface area contributed by atoms with Crippen LogP contribution < -0.4 is 0 Å². The second kappa shape index (κ2) is 7.42. The summed E-state index contributed by atoms with van der Waals surface area (Å²) in [6.07, 6.45) is 0. The molecule has 2 aromatic carbocycles. The molecule has 2 rings (SSSR count). The predicted octanol–water partition coefficient (Wildman–Crippen LogP) is 3.85. The maximum Gasteiger partial charge on any atom is 0.308 e. The van der Waals surface area contributed by atoms with Crippen LogP contribution in [-0.4, -0.2) is 22.0 Å². The fraction of sp³-hybridized carbons (Fsp3) is 0.158. The average Bonchev–Trinajstić information content (AvgIpc) is 2.60. The van der Waals surface area contributed by atoms with Crippen LogP contribution in [0.5, 0.6) is 0 Å². The van der Waals surface area contributed by atoms with Gasteiger partial charge in [-0.25, -0.2) is 8.78 Å². The van der Waals surface area contributed by atoms with Gasteiger partial charge in [-0.3, -0.25) is 0 Å². The van der Waals surface area contributed by atoms with Gasteiger partial charge in [0.2, 0.25) is 0 Å². The van der Waals surface area contributed by atoms with Crippen LogP contribution in [0.25, 0.3) is 0 Å². The quantitative estimate of drug-likeness (QED) is 0.625. The van der Waals surface area contributed by atoms with Crippen LogP contribution >= 0.6 is 15.9 Å². The topological polar surface area (TPSA) is 20.2 Å². The summed E-state index contributed by atoms with van der Waals surface area (Å²) in [5, 5.41) is 9.59. The minimum absolute atomic E-state index is 0.526. The molecule has 0 radical (unpaired) electrons. The summed E-state index contributed by atoms with van der Waals surface area (Å²) >= 11 is 2.71. The number of halogens is 3. The van der Waals surface area contributed by atoms with Gasteiger partial charge in [-0.15, -0.1) is 0 Å².